The fourth-order valence-corrected chi connectivity index (χ4v) is 2.29. The van der Waals surface area contributed by atoms with E-state index in [2.05, 4.69) is 48.4 Å². The zero-order valence-corrected chi connectivity index (χ0v) is 11.6. The molecule has 0 aliphatic heterocycles. The Hall–Kier alpha value is -1.87. The van der Waals surface area contributed by atoms with Gasteiger partial charge in [0, 0.05) is 11.8 Å². The maximum atomic E-state index is 6.08. The third-order valence-electron chi connectivity index (χ3n) is 3.26. The normalized spacial score (nSPS) is 12.3. The van der Waals surface area contributed by atoms with Crippen molar-refractivity contribution < 1.29 is 0 Å². The van der Waals surface area contributed by atoms with Crippen LogP contribution in [0.2, 0.25) is 0 Å². The van der Waals surface area contributed by atoms with E-state index in [1.807, 2.05) is 12.1 Å². The Morgan fingerprint density at radius 1 is 1.21 bits per heavy atom. The van der Waals surface area contributed by atoms with Gasteiger partial charge in [0.2, 0.25) is 0 Å². The summed E-state index contributed by atoms with van der Waals surface area (Å²) in [6.45, 7) is 5.19. The Kier molecular flexibility index (Phi) is 4.53. The molecule has 2 rings (SSSR count). The molecule has 0 saturated carbocycles. The van der Waals surface area contributed by atoms with Crippen LogP contribution >= 0.6 is 0 Å². The molecule has 0 aliphatic carbocycles. The summed E-state index contributed by atoms with van der Waals surface area (Å²) in [5, 5.41) is 3.56. The molecule has 1 heterocycles. The molecule has 1 atom stereocenters. The highest BCUT2D eigenvalue weighted by Gasteiger charge is 2.18. The average molecular weight is 255 g/mol. The van der Waals surface area contributed by atoms with Crippen LogP contribution in [-0.4, -0.2) is 11.5 Å². The summed E-state index contributed by atoms with van der Waals surface area (Å²) in [4.78, 5) is 4.23. The summed E-state index contributed by atoms with van der Waals surface area (Å²) in [6, 6.07) is 12.5. The van der Waals surface area contributed by atoms with E-state index < -0.39 is 0 Å². The predicted molar refractivity (Wildman–Crippen MR) is 80.0 cm³/mol. The molecule has 0 amide bonds. The molecule has 0 fully saturated rings. The van der Waals surface area contributed by atoms with E-state index in [1.165, 1.54) is 11.1 Å². The van der Waals surface area contributed by atoms with Crippen LogP contribution in [0, 0.1) is 6.92 Å². The van der Waals surface area contributed by atoms with Gasteiger partial charge in [0.25, 0.3) is 0 Å². The molecule has 1 aromatic carbocycles. The fraction of sp³-hybridized carbons (Fsp3) is 0.312. The van der Waals surface area contributed by atoms with Crippen molar-refractivity contribution in [1.29, 1.82) is 0 Å². The first kappa shape index (κ1) is 13.6. The van der Waals surface area contributed by atoms with E-state index in [0.717, 1.165) is 18.5 Å². The fourth-order valence-electron chi connectivity index (χ4n) is 2.29. The smallest absolute Gasteiger partial charge is 0.128 e. The lowest BCUT2D eigenvalue weighted by Crippen LogP contribution is -2.25. The average Bonchev–Trinajstić information content (AvgIpc) is 2.43. The van der Waals surface area contributed by atoms with E-state index in [9.17, 15) is 0 Å². The Labute approximate surface area is 114 Å². The number of nitrogens with zero attached hydrogens (tertiary/aromatic N) is 1. The maximum absolute atomic E-state index is 6.08. The minimum absolute atomic E-state index is 0.106. The number of hydrogen-bond donors (Lipinski definition) is 2. The first-order chi connectivity index (χ1) is 9.24. The van der Waals surface area contributed by atoms with Crippen LogP contribution in [0.3, 0.4) is 0 Å². The van der Waals surface area contributed by atoms with Gasteiger partial charge in [0.15, 0.2) is 0 Å². The van der Waals surface area contributed by atoms with E-state index >= 15 is 0 Å². The van der Waals surface area contributed by atoms with Gasteiger partial charge < -0.3 is 11.1 Å². The number of aromatic nitrogens is 1. The number of nitrogens with one attached hydrogen (secondary N) is 1. The third kappa shape index (κ3) is 3.12. The molecule has 0 spiro atoms. The van der Waals surface area contributed by atoms with Crippen molar-refractivity contribution in [3.8, 4) is 0 Å². The molecule has 0 bridgehead atoms. The molecule has 19 heavy (non-hydrogen) atoms. The standard InChI is InChI=1S/C16H21N3/c1-3-10-18-15(13-7-5-4-6-8-13)14-12(2)9-11-19-16(14)17/h4-9,11,15,18H,3,10H2,1-2H3,(H2,17,19). The molecule has 1 unspecified atom stereocenters. The van der Waals surface area contributed by atoms with Gasteiger partial charge >= 0.3 is 0 Å². The summed E-state index contributed by atoms with van der Waals surface area (Å²) in [7, 11) is 0. The lowest BCUT2D eigenvalue weighted by molar-refractivity contribution is 0.596. The van der Waals surface area contributed by atoms with Crippen molar-refractivity contribution in [3.05, 3.63) is 59.3 Å². The van der Waals surface area contributed by atoms with Gasteiger partial charge in [-0.25, -0.2) is 4.98 Å². The predicted octanol–water partition coefficient (Wildman–Crippen LogP) is 3.06. The molecular weight excluding hydrogens is 234 g/mol. The number of nitrogens with two attached hydrogens (primary N) is 1. The summed E-state index contributed by atoms with van der Waals surface area (Å²) in [5.74, 6) is 0.609. The molecule has 0 radical (unpaired) electrons. The largest absolute Gasteiger partial charge is 0.383 e. The van der Waals surface area contributed by atoms with Crippen LogP contribution in [0.1, 0.15) is 36.1 Å². The monoisotopic (exact) mass is 255 g/mol. The highest BCUT2D eigenvalue weighted by atomic mass is 14.9. The second kappa shape index (κ2) is 6.34. The van der Waals surface area contributed by atoms with Crippen molar-refractivity contribution in [2.45, 2.75) is 26.3 Å². The van der Waals surface area contributed by atoms with Gasteiger partial charge in [0.1, 0.15) is 5.82 Å². The first-order valence-corrected chi connectivity index (χ1v) is 6.73. The zero-order valence-electron chi connectivity index (χ0n) is 11.6. The van der Waals surface area contributed by atoms with Gasteiger partial charge in [-0.2, -0.15) is 0 Å². The van der Waals surface area contributed by atoms with Gasteiger partial charge in [-0.05, 0) is 37.1 Å². The van der Waals surface area contributed by atoms with Crippen molar-refractivity contribution in [3.63, 3.8) is 0 Å². The van der Waals surface area contributed by atoms with Crippen LogP contribution in [0.4, 0.5) is 5.82 Å². The zero-order chi connectivity index (χ0) is 13.7. The van der Waals surface area contributed by atoms with E-state index in [1.54, 1.807) is 6.20 Å². The van der Waals surface area contributed by atoms with Crippen molar-refractivity contribution in [2.24, 2.45) is 0 Å². The third-order valence-corrected chi connectivity index (χ3v) is 3.26. The number of aryl methyl sites for hydroxylation is 1. The molecular formula is C16H21N3. The number of rotatable bonds is 5. The second-order valence-electron chi connectivity index (χ2n) is 4.72. The molecule has 3 N–H and O–H groups in total. The molecule has 3 nitrogen and oxygen atoms in total. The van der Waals surface area contributed by atoms with Gasteiger partial charge in [-0.15, -0.1) is 0 Å². The summed E-state index contributed by atoms with van der Waals surface area (Å²) < 4.78 is 0. The van der Waals surface area contributed by atoms with E-state index in [0.29, 0.717) is 5.82 Å². The van der Waals surface area contributed by atoms with Gasteiger partial charge in [0.05, 0.1) is 6.04 Å². The summed E-state index contributed by atoms with van der Waals surface area (Å²) in [5.41, 5.74) is 9.56. The highest BCUT2D eigenvalue weighted by molar-refractivity contribution is 5.49. The molecule has 100 valence electrons. The summed E-state index contributed by atoms with van der Waals surface area (Å²) >= 11 is 0. The lowest BCUT2D eigenvalue weighted by Gasteiger charge is -2.22. The lowest BCUT2D eigenvalue weighted by atomic mass is 9.95. The number of benzene rings is 1. The molecule has 0 saturated heterocycles. The van der Waals surface area contributed by atoms with Crippen LogP contribution in [0.25, 0.3) is 0 Å². The number of hydrogen-bond acceptors (Lipinski definition) is 3. The highest BCUT2D eigenvalue weighted by Crippen LogP contribution is 2.28. The molecule has 3 heteroatoms. The molecule has 0 aliphatic rings. The number of pyridine rings is 1. The minimum Gasteiger partial charge on any atom is -0.383 e. The Balaban J connectivity index is 2.43. The Bertz CT molecular complexity index is 503. The second-order valence-corrected chi connectivity index (χ2v) is 4.72. The van der Waals surface area contributed by atoms with Gasteiger partial charge in [-0.1, -0.05) is 37.3 Å². The molecule has 2 aromatic rings. The van der Waals surface area contributed by atoms with Crippen LogP contribution in [0.15, 0.2) is 42.6 Å². The first-order valence-electron chi connectivity index (χ1n) is 6.73. The van der Waals surface area contributed by atoms with Crippen LogP contribution in [-0.2, 0) is 0 Å². The van der Waals surface area contributed by atoms with Crippen LogP contribution in [0.5, 0.6) is 0 Å². The van der Waals surface area contributed by atoms with Crippen molar-refractivity contribution >= 4 is 5.82 Å². The number of anilines is 1. The van der Waals surface area contributed by atoms with E-state index in [-0.39, 0.29) is 6.04 Å². The van der Waals surface area contributed by atoms with Gasteiger partial charge in [-0.3, -0.25) is 0 Å². The van der Waals surface area contributed by atoms with Crippen molar-refractivity contribution in [1.82, 2.24) is 10.3 Å². The quantitative estimate of drug-likeness (QED) is 0.863. The summed E-state index contributed by atoms with van der Waals surface area (Å²) in [6.07, 6.45) is 2.85. The number of nitrogen functional groups attached to an aromatic ring is 1. The maximum Gasteiger partial charge on any atom is 0.128 e. The Morgan fingerprint density at radius 2 is 1.95 bits per heavy atom. The van der Waals surface area contributed by atoms with Crippen molar-refractivity contribution in [2.75, 3.05) is 12.3 Å². The molecule has 1 aromatic heterocycles. The SMILES string of the molecule is CCCNC(c1ccccc1)c1c(C)ccnc1N. The Morgan fingerprint density at radius 3 is 2.58 bits per heavy atom. The van der Waals surface area contributed by atoms with E-state index in [4.69, 9.17) is 5.73 Å². The topological polar surface area (TPSA) is 50.9 Å². The minimum atomic E-state index is 0.106. The van der Waals surface area contributed by atoms with Crippen LogP contribution < -0.4 is 11.1 Å².